The number of rotatable bonds is 49. The number of aliphatic hydroxyl groups excluding tert-OH is 1. The van der Waals surface area contributed by atoms with E-state index in [1.807, 2.05) is 27.2 Å². The van der Waals surface area contributed by atoms with Gasteiger partial charge in [0.1, 0.15) is 13.2 Å². The quantitative estimate of drug-likeness (QED) is 0.0272. The summed E-state index contributed by atoms with van der Waals surface area (Å²) in [6, 6.07) is -0.909. The number of unbranched alkanes of at least 4 members (excludes halogenated alkanes) is 30. The molecule has 0 rings (SSSR count). The van der Waals surface area contributed by atoms with Crippen molar-refractivity contribution in [2.75, 3.05) is 40.9 Å². The largest absolute Gasteiger partial charge is 0.756 e. The van der Waals surface area contributed by atoms with Crippen LogP contribution in [0.25, 0.3) is 0 Å². The van der Waals surface area contributed by atoms with Gasteiger partial charge in [0.15, 0.2) is 0 Å². The second kappa shape index (κ2) is 46.6. The molecule has 0 spiro atoms. The highest BCUT2D eigenvalue weighted by atomic mass is 31.2. The van der Waals surface area contributed by atoms with Gasteiger partial charge in [0.25, 0.3) is 7.82 Å². The first-order chi connectivity index (χ1) is 31.0. The van der Waals surface area contributed by atoms with Crippen LogP contribution in [0.5, 0.6) is 0 Å². The molecule has 0 radical (unpaired) electrons. The lowest BCUT2D eigenvalue weighted by atomic mass is 10.0. The molecule has 0 heterocycles. The maximum atomic E-state index is 12.9. The lowest BCUT2D eigenvalue weighted by Gasteiger charge is -2.29. The maximum absolute atomic E-state index is 12.9. The van der Waals surface area contributed by atoms with Gasteiger partial charge in [-0.05, 0) is 64.2 Å². The van der Waals surface area contributed by atoms with E-state index in [0.717, 1.165) is 57.8 Å². The number of allylic oxidation sites excluding steroid dienone is 7. The van der Waals surface area contributed by atoms with Gasteiger partial charge in [0.2, 0.25) is 5.91 Å². The Balaban J connectivity index is 4.33. The Morgan fingerprint density at radius 2 is 0.922 bits per heavy atom. The second-order valence-electron chi connectivity index (χ2n) is 19.6. The minimum atomic E-state index is -4.61. The summed E-state index contributed by atoms with van der Waals surface area (Å²) in [6.07, 6.45) is 60.3. The molecule has 0 bridgehead atoms. The van der Waals surface area contributed by atoms with Crippen LogP contribution >= 0.6 is 7.82 Å². The highest BCUT2D eigenvalue weighted by Crippen LogP contribution is 2.38. The Morgan fingerprint density at radius 1 is 0.547 bits per heavy atom. The third kappa shape index (κ3) is 48.4. The predicted molar refractivity (Wildman–Crippen MR) is 274 cm³/mol. The lowest BCUT2D eigenvalue weighted by molar-refractivity contribution is -0.870. The maximum Gasteiger partial charge on any atom is 0.268 e. The predicted octanol–water partition coefficient (Wildman–Crippen LogP) is 15.3. The fourth-order valence-corrected chi connectivity index (χ4v) is 8.45. The Hall–Kier alpha value is -1.54. The van der Waals surface area contributed by atoms with Crippen LogP contribution in [0.15, 0.2) is 48.6 Å². The van der Waals surface area contributed by atoms with Crippen molar-refractivity contribution in [1.82, 2.24) is 5.32 Å². The van der Waals surface area contributed by atoms with Gasteiger partial charge in [-0.25, -0.2) is 0 Å². The summed E-state index contributed by atoms with van der Waals surface area (Å²) in [6.45, 7) is 4.64. The number of aliphatic hydroxyl groups is 1. The molecule has 2 N–H and O–H groups in total. The molecule has 0 aromatic carbocycles. The first kappa shape index (κ1) is 62.5. The molecule has 8 nitrogen and oxygen atoms in total. The third-order valence-electron chi connectivity index (χ3n) is 12.0. The van der Waals surface area contributed by atoms with Crippen molar-refractivity contribution in [3.8, 4) is 0 Å². The number of amides is 1. The summed E-state index contributed by atoms with van der Waals surface area (Å²) in [4.78, 5) is 25.4. The second-order valence-corrected chi connectivity index (χ2v) is 21.0. The van der Waals surface area contributed by atoms with Gasteiger partial charge in [-0.15, -0.1) is 0 Å². The minimum absolute atomic E-state index is 0.00889. The molecule has 376 valence electrons. The van der Waals surface area contributed by atoms with Crippen LogP contribution in [0.3, 0.4) is 0 Å². The number of nitrogens with one attached hydrogen (secondary N) is 1. The molecule has 3 unspecified atom stereocenters. The summed E-state index contributed by atoms with van der Waals surface area (Å²) in [5, 5.41) is 13.8. The van der Waals surface area contributed by atoms with Crippen LogP contribution in [-0.4, -0.2) is 68.5 Å². The summed E-state index contributed by atoms with van der Waals surface area (Å²) in [5.41, 5.74) is 0. The zero-order valence-corrected chi connectivity index (χ0v) is 43.6. The fraction of sp³-hybridized carbons (Fsp3) is 0.836. The molecule has 64 heavy (non-hydrogen) atoms. The normalized spacial score (nSPS) is 14.4. The molecule has 1 amide bonds. The van der Waals surface area contributed by atoms with E-state index in [9.17, 15) is 19.4 Å². The highest BCUT2D eigenvalue weighted by Gasteiger charge is 2.23. The first-order valence-electron chi connectivity index (χ1n) is 27.0. The number of nitrogens with zero attached hydrogens (tertiary/aromatic N) is 1. The molecule has 0 saturated carbocycles. The molecule has 0 aliphatic heterocycles. The summed E-state index contributed by atoms with van der Waals surface area (Å²) in [5.74, 6) is -0.214. The molecule has 9 heteroatoms. The number of carbonyl (C=O) groups excluding carboxylic acids is 1. The number of hydrogen-bond donors (Lipinski definition) is 2. The molecule has 3 atom stereocenters. The van der Waals surface area contributed by atoms with Gasteiger partial charge in [-0.2, -0.15) is 0 Å². The monoisotopic (exact) mass is 921 g/mol. The first-order valence-corrected chi connectivity index (χ1v) is 28.5. The molecule has 0 saturated heterocycles. The Labute approximate surface area is 397 Å². The SMILES string of the molecule is CCCCCCCCCCC/C=C\C/C=C\CCCCCCCCCC(=O)NC(COP(=O)([O-])OCC[N+](C)(C)C)C(O)/C=C/CC/C=C/CCCCCCCCCCCCCCC. The number of phosphoric acid groups is 1. The fourth-order valence-electron chi connectivity index (χ4n) is 7.73. The molecule has 0 aliphatic rings. The average molecular weight is 921 g/mol. The van der Waals surface area contributed by atoms with Gasteiger partial charge in [0, 0.05) is 6.42 Å². The van der Waals surface area contributed by atoms with Gasteiger partial charge >= 0.3 is 0 Å². The number of likely N-dealkylation sites (N-methyl/N-ethyl adjacent to an activating group) is 1. The van der Waals surface area contributed by atoms with Crippen LogP contribution in [0.4, 0.5) is 0 Å². The van der Waals surface area contributed by atoms with Crippen molar-refractivity contribution in [2.24, 2.45) is 0 Å². The zero-order valence-electron chi connectivity index (χ0n) is 42.7. The molecular weight excluding hydrogens is 816 g/mol. The van der Waals surface area contributed by atoms with Crippen LogP contribution < -0.4 is 10.2 Å². The standard InChI is InChI=1S/C55H105N2O6P/c1-6-8-10-12-14-16-18-20-22-24-26-27-28-29-31-33-35-37-39-41-43-45-47-49-55(59)56-53(52-63-64(60,61)62-51-50-57(3,4)5)54(58)48-46-44-42-40-38-36-34-32-30-25-23-21-19-17-15-13-11-9-7-2/h26-27,29,31,38,40,46,48,53-54,58H,6-25,28,30,32-37,39,41-45,47,49-52H2,1-5H3,(H-,56,59,60,61)/b27-26-,31-29-,40-38+,48-46+. The minimum Gasteiger partial charge on any atom is -0.756 e. The van der Waals surface area contributed by atoms with Gasteiger partial charge in [-0.1, -0.05) is 223 Å². The van der Waals surface area contributed by atoms with E-state index in [1.165, 1.54) is 167 Å². The van der Waals surface area contributed by atoms with Gasteiger partial charge in [0.05, 0.1) is 39.9 Å². The summed E-state index contributed by atoms with van der Waals surface area (Å²) >= 11 is 0. The molecular formula is C55H105N2O6P. The Kier molecular flexibility index (Phi) is 45.4. The average Bonchev–Trinajstić information content (AvgIpc) is 3.25. The van der Waals surface area contributed by atoms with Crippen molar-refractivity contribution in [1.29, 1.82) is 0 Å². The van der Waals surface area contributed by atoms with Crippen LogP contribution in [-0.2, 0) is 18.4 Å². The van der Waals surface area contributed by atoms with E-state index >= 15 is 0 Å². The van der Waals surface area contributed by atoms with Crippen LogP contribution in [0.1, 0.15) is 245 Å². The highest BCUT2D eigenvalue weighted by molar-refractivity contribution is 7.45. The van der Waals surface area contributed by atoms with Crippen molar-refractivity contribution in [3.63, 3.8) is 0 Å². The van der Waals surface area contributed by atoms with Gasteiger partial charge < -0.3 is 28.8 Å². The van der Waals surface area contributed by atoms with Gasteiger partial charge in [-0.3, -0.25) is 9.36 Å². The van der Waals surface area contributed by atoms with Crippen molar-refractivity contribution < 1.29 is 32.9 Å². The number of hydrogen-bond acceptors (Lipinski definition) is 6. The van der Waals surface area contributed by atoms with Crippen molar-refractivity contribution in [3.05, 3.63) is 48.6 Å². The van der Waals surface area contributed by atoms with Crippen LogP contribution in [0.2, 0.25) is 0 Å². The van der Waals surface area contributed by atoms with E-state index in [1.54, 1.807) is 6.08 Å². The van der Waals surface area contributed by atoms with Crippen LogP contribution in [0, 0.1) is 0 Å². The summed E-state index contributed by atoms with van der Waals surface area (Å²) < 4.78 is 23.3. The zero-order chi connectivity index (χ0) is 47.1. The molecule has 0 aromatic rings. The Bertz CT molecular complexity index is 1180. The van der Waals surface area contributed by atoms with E-state index in [0.29, 0.717) is 17.4 Å². The van der Waals surface area contributed by atoms with E-state index in [2.05, 4.69) is 55.6 Å². The third-order valence-corrected chi connectivity index (χ3v) is 13.0. The van der Waals surface area contributed by atoms with Crippen molar-refractivity contribution in [2.45, 2.75) is 257 Å². The smallest absolute Gasteiger partial charge is 0.268 e. The van der Waals surface area contributed by atoms with E-state index < -0.39 is 26.6 Å². The number of quaternary nitrogens is 1. The number of phosphoric ester groups is 1. The molecule has 0 aliphatic carbocycles. The van der Waals surface area contributed by atoms with Crippen molar-refractivity contribution >= 4 is 13.7 Å². The van der Waals surface area contributed by atoms with E-state index in [-0.39, 0.29) is 12.5 Å². The van der Waals surface area contributed by atoms with E-state index in [4.69, 9.17) is 9.05 Å². The molecule has 0 fully saturated rings. The Morgan fingerprint density at radius 3 is 1.36 bits per heavy atom. The lowest BCUT2D eigenvalue weighted by Crippen LogP contribution is -2.45. The number of carbonyl (C=O) groups is 1. The topological polar surface area (TPSA) is 108 Å². The molecule has 0 aromatic heterocycles. The summed E-state index contributed by atoms with van der Waals surface area (Å²) in [7, 11) is 1.24.